The molecule has 2 aromatic rings. The normalized spacial score (nSPS) is 11.2. The number of aryl methyl sites for hydroxylation is 2. The molecule has 0 heterocycles. The van der Waals surface area contributed by atoms with Crippen LogP contribution in [-0.2, 0) is 14.8 Å². The average molecular weight is 391 g/mol. The zero-order chi connectivity index (χ0) is 20.4. The molecule has 0 aliphatic rings. The Labute approximate surface area is 161 Å². The third-order valence-electron chi connectivity index (χ3n) is 4.53. The summed E-state index contributed by atoms with van der Waals surface area (Å²) < 4.78 is 33.9. The number of nitrogens with zero attached hydrogens (tertiary/aromatic N) is 1. The molecule has 1 N–H and O–H groups in total. The number of carbonyl (C=O) groups is 1. The van der Waals surface area contributed by atoms with Crippen molar-refractivity contribution in [3.8, 4) is 5.75 Å². The fourth-order valence-corrected chi connectivity index (χ4v) is 4.36. The predicted molar refractivity (Wildman–Crippen MR) is 107 cm³/mol. The summed E-state index contributed by atoms with van der Waals surface area (Å²) in [6.07, 6.45) is 0. The van der Waals surface area contributed by atoms with Crippen LogP contribution >= 0.6 is 0 Å². The van der Waals surface area contributed by atoms with E-state index in [2.05, 4.69) is 4.72 Å². The monoisotopic (exact) mass is 390 g/mol. The number of sulfonamides is 1. The van der Waals surface area contributed by atoms with Crippen LogP contribution in [0.25, 0.3) is 0 Å². The van der Waals surface area contributed by atoms with Gasteiger partial charge in [0.05, 0.1) is 4.90 Å². The number of anilines is 1. The molecule has 2 rings (SSSR count). The zero-order valence-corrected chi connectivity index (χ0v) is 17.4. The molecule has 0 aliphatic heterocycles. The van der Waals surface area contributed by atoms with Crippen molar-refractivity contribution in [2.75, 3.05) is 25.4 Å². The minimum Gasteiger partial charge on any atom is -0.484 e. The Balaban J connectivity index is 2.21. The Morgan fingerprint density at radius 2 is 1.52 bits per heavy atom. The van der Waals surface area contributed by atoms with E-state index in [0.29, 0.717) is 16.3 Å². The van der Waals surface area contributed by atoms with Crippen LogP contribution in [0.3, 0.4) is 0 Å². The van der Waals surface area contributed by atoms with E-state index >= 15 is 0 Å². The lowest BCUT2D eigenvalue weighted by atomic mass is 10.0. The summed E-state index contributed by atoms with van der Waals surface area (Å²) in [6.45, 7) is 7.37. The van der Waals surface area contributed by atoms with Crippen molar-refractivity contribution in [2.45, 2.75) is 32.6 Å². The van der Waals surface area contributed by atoms with E-state index in [0.717, 1.165) is 22.3 Å². The van der Waals surface area contributed by atoms with Gasteiger partial charge in [-0.15, -0.1) is 0 Å². The number of ether oxygens (including phenoxy) is 1. The second-order valence-corrected chi connectivity index (χ2v) is 8.42. The topological polar surface area (TPSA) is 75.7 Å². The van der Waals surface area contributed by atoms with Gasteiger partial charge in [-0.1, -0.05) is 6.07 Å². The Morgan fingerprint density at radius 1 is 1.00 bits per heavy atom. The molecule has 0 saturated heterocycles. The van der Waals surface area contributed by atoms with Crippen LogP contribution in [-0.4, -0.2) is 39.9 Å². The van der Waals surface area contributed by atoms with E-state index in [4.69, 9.17) is 4.74 Å². The summed E-state index contributed by atoms with van der Waals surface area (Å²) in [4.78, 5) is 13.3. The van der Waals surface area contributed by atoms with Crippen molar-refractivity contribution in [1.29, 1.82) is 0 Å². The molecule has 0 radical (unpaired) electrons. The molecule has 27 heavy (non-hydrogen) atoms. The molecule has 2 aromatic carbocycles. The van der Waals surface area contributed by atoms with Crippen LogP contribution in [0.1, 0.15) is 22.3 Å². The van der Waals surface area contributed by atoms with Gasteiger partial charge in [-0.25, -0.2) is 8.42 Å². The van der Waals surface area contributed by atoms with Crippen molar-refractivity contribution in [3.63, 3.8) is 0 Å². The molecule has 146 valence electrons. The van der Waals surface area contributed by atoms with Gasteiger partial charge in [0.15, 0.2) is 6.61 Å². The molecule has 0 bridgehead atoms. The SMILES string of the molecule is Cc1cc(C)c(C)c(S(=O)(=O)Nc2ccc(OCC(=O)N(C)C)cc2)c1C. The highest BCUT2D eigenvalue weighted by Gasteiger charge is 2.22. The number of hydrogen-bond acceptors (Lipinski definition) is 4. The third-order valence-corrected chi connectivity index (χ3v) is 6.19. The Bertz CT molecular complexity index is 923. The van der Waals surface area contributed by atoms with Crippen molar-refractivity contribution >= 4 is 21.6 Å². The van der Waals surface area contributed by atoms with Gasteiger partial charge in [0.25, 0.3) is 15.9 Å². The van der Waals surface area contributed by atoms with Crippen LogP contribution in [0.15, 0.2) is 35.2 Å². The first kappa shape index (κ1) is 20.8. The summed E-state index contributed by atoms with van der Waals surface area (Å²) in [5, 5.41) is 0. The van der Waals surface area contributed by atoms with Gasteiger partial charge in [0, 0.05) is 19.8 Å². The van der Waals surface area contributed by atoms with Crippen molar-refractivity contribution in [2.24, 2.45) is 0 Å². The minimum atomic E-state index is -3.72. The van der Waals surface area contributed by atoms with Gasteiger partial charge >= 0.3 is 0 Å². The maximum absolute atomic E-state index is 12.9. The lowest BCUT2D eigenvalue weighted by molar-refractivity contribution is -0.130. The zero-order valence-electron chi connectivity index (χ0n) is 16.6. The first-order chi connectivity index (χ1) is 12.5. The van der Waals surface area contributed by atoms with Gasteiger partial charge in [-0.2, -0.15) is 0 Å². The van der Waals surface area contributed by atoms with Gasteiger partial charge in [-0.3, -0.25) is 9.52 Å². The molecule has 6 nitrogen and oxygen atoms in total. The Kier molecular flexibility index (Phi) is 6.15. The van der Waals surface area contributed by atoms with Crippen LogP contribution in [0.5, 0.6) is 5.75 Å². The molecule has 0 saturated carbocycles. The predicted octanol–water partition coefficient (Wildman–Crippen LogP) is 3.19. The highest BCUT2D eigenvalue weighted by Crippen LogP contribution is 2.28. The lowest BCUT2D eigenvalue weighted by Gasteiger charge is -2.17. The largest absolute Gasteiger partial charge is 0.484 e. The van der Waals surface area contributed by atoms with E-state index in [9.17, 15) is 13.2 Å². The molecule has 1 amide bonds. The quantitative estimate of drug-likeness (QED) is 0.822. The second kappa shape index (κ2) is 8.00. The van der Waals surface area contributed by atoms with Gasteiger partial charge in [0.2, 0.25) is 0 Å². The molecule has 0 unspecified atom stereocenters. The van der Waals surface area contributed by atoms with Crippen molar-refractivity contribution in [3.05, 3.63) is 52.6 Å². The van der Waals surface area contributed by atoms with E-state index in [-0.39, 0.29) is 12.5 Å². The number of amides is 1. The van der Waals surface area contributed by atoms with E-state index in [1.807, 2.05) is 33.8 Å². The molecule has 0 spiro atoms. The van der Waals surface area contributed by atoms with E-state index in [1.54, 1.807) is 38.4 Å². The maximum atomic E-state index is 12.9. The molecular formula is C20H26N2O4S. The van der Waals surface area contributed by atoms with Crippen LogP contribution in [0.2, 0.25) is 0 Å². The number of benzene rings is 2. The molecule has 0 aliphatic carbocycles. The van der Waals surface area contributed by atoms with Crippen molar-refractivity contribution < 1.29 is 17.9 Å². The highest BCUT2D eigenvalue weighted by molar-refractivity contribution is 7.92. The Hall–Kier alpha value is -2.54. The fraction of sp³-hybridized carbons (Fsp3) is 0.350. The maximum Gasteiger partial charge on any atom is 0.262 e. The first-order valence-electron chi connectivity index (χ1n) is 8.56. The summed E-state index contributed by atoms with van der Waals surface area (Å²) in [5.74, 6) is 0.340. The van der Waals surface area contributed by atoms with Crippen LogP contribution in [0, 0.1) is 27.7 Å². The lowest BCUT2D eigenvalue weighted by Crippen LogP contribution is -2.27. The summed E-state index contributed by atoms with van der Waals surface area (Å²) >= 11 is 0. The molecule has 0 aromatic heterocycles. The number of hydrogen-bond donors (Lipinski definition) is 1. The molecule has 0 fully saturated rings. The average Bonchev–Trinajstić information content (AvgIpc) is 2.58. The van der Waals surface area contributed by atoms with Crippen LogP contribution < -0.4 is 9.46 Å². The number of nitrogens with one attached hydrogen (secondary N) is 1. The minimum absolute atomic E-state index is 0.0704. The standard InChI is InChI=1S/C20H26N2O4S/c1-13-11-14(2)16(4)20(15(13)3)27(24,25)21-17-7-9-18(10-8-17)26-12-19(23)22(5)6/h7-11,21H,12H2,1-6H3. The number of carbonyl (C=O) groups excluding carboxylic acids is 1. The number of likely N-dealkylation sites (N-methyl/N-ethyl adjacent to an activating group) is 1. The smallest absolute Gasteiger partial charge is 0.262 e. The van der Waals surface area contributed by atoms with Gasteiger partial charge in [0.1, 0.15) is 5.75 Å². The fourth-order valence-electron chi connectivity index (χ4n) is 2.68. The van der Waals surface area contributed by atoms with Crippen LogP contribution in [0.4, 0.5) is 5.69 Å². The van der Waals surface area contributed by atoms with E-state index in [1.165, 1.54) is 4.90 Å². The number of rotatable bonds is 6. The highest BCUT2D eigenvalue weighted by atomic mass is 32.2. The van der Waals surface area contributed by atoms with Gasteiger partial charge in [-0.05, 0) is 74.2 Å². The summed E-state index contributed by atoms with van der Waals surface area (Å²) in [6, 6.07) is 8.47. The van der Waals surface area contributed by atoms with E-state index < -0.39 is 10.0 Å². The Morgan fingerprint density at radius 3 is 2.00 bits per heavy atom. The summed E-state index contributed by atoms with van der Waals surface area (Å²) in [5.41, 5.74) is 3.79. The molecular weight excluding hydrogens is 364 g/mol. The summed E-state index contributed by atoms with van der Waals surface area (Å²) in [7, 11) is -0.414. The second-order valence-electron chi connectivity index (χ2n) is 6.80. The third kappa shape index (κ3) is 4.80. The van der Waals surface area contributed by atoms with Gasteiger partial charge < -0.3 is 9.64 Å². The van der Waals surface area contributed by atoms with Crippen molar-refractivity contribution in [1.82, 2.24) is 4.90 Å². The first-order valence-corrected chi connectivity index (χ1v) is 10.0. The molecule has 0 atom stereocenters. The molecule has 7 heteroatoms.